The summed E-state index contributed by atoms with van der Waals surface area (Å²) in [6.07, 6.45) is 3.43. The van der Waals surface area contributed by atoms with Gasteiger partial charge in [0.1, 0.15) is 0 Å². The lowest BCUT2D eigenvalue weighted by atomic mass is 10.0. The molecule has 0 fully saturated rings. The van der Waals surface area contributed by atoms with E-state index >= 15 is 0 Å². The monoisotopic (exact) mass is 315 g/mol. The third-order valence-corrected chi connectivity index (χ3v) is 3.57. The quantitative estimate of drug-likeness (QED) is 0.591. The normalized spacial score (nSPS) is 11.1. The van der Waals surface area contributed by atoms with Crippen molar-refractivity contribution in [3.8, 4) is 0 Å². The summed E-state index contributed by atoms with van der Waals surface area (Å²) in [6.45, 7) is 1.98. The molecule has 0 aliphatic carbocycles. The van der Waals surface area contributed by atoms with E-state index in [1.807, 2.05) is 61.5 Å². The van der Waals surface area contributed by atoms with Crippen LogP contribution in [0.1, 0.15) is 27.0 Å². The van der Waals surface area contributed by atoms with Gasteiger partial charge in [0.25, 0.3) is 5.91 Å². The van der Waals surface area contributed by atoms with E-state index < -0.39 is 0 Å². The Morgan fingerprint density at radius 3 is 2.25 bits per heavy atom. The van der Waals surface area contributed by atoms with Crippen molar-refractivity contribution in [2.45, 2.75) is 6.92 Å². The molecule has 0 atom stereocenters. The molecule has 4 heteroatoms. The highest BCUT2D eigenvalue weighted by Crippen LogP contribution is 2.10. The Kier molecular flexibility index (Phi) is 4.77. The van der Waals surface area contributed by atoms with Gasteiger partial charge in [0.2, 0.25) is 0 Å². The minimum absolute atomic E-state index is 0.243. The van der Waals surface area contributed by atoms with Gasteiger partial charge in [-0.25, -0.2) is 5.43 Å². The fraction of sp³-hybridized carbons (Fsp3) is 0.0500. The summed E-state index contributed by atoms with van der Waals surface area (Å²) in [5.74, 6) is -0.243. The van der Waals surface area contributed by atoms with Gasteiger partial charge in [-0.3, -0.25) is 9.78 Å². The number of nitrogens with one attached hydrogen (secondary N) is 1. The molecule has 1 aromatic heterocycles. The van der Waals surface area contributed by atoms with E-state index in [9.17, 15) is 4.79 Å². The van der Waals surface area contributed by atoms with Crippen LogP contribution in [0.4, 0.5) is 0 Å². The first-order valence-electron chi connectivity index (χ1n) is 7.64. The minimum atomic E-state index is -0.243. The average Bonchev–Trinajstić information content (AvgIpc) is 2.64. The number of hydrogen-bond donors (Lipinski definition) is 1. The van der Waals surface area contributed by atoms with E-state index in [0.717, 1.165) is 16.7 Å². The first kappa shape index (κ1) is 15.6. The number of pyridine rings is 1. The van der Waals surface area contributed by atoms with Crippen molar-refractivity contribution in [3.05, 3.63) is 101 Å². The van der Waals surface area contributed by atoms with Crippen LogP contribution < -0.4 is 5.43 Å². The summed E-state index contributed by atoms with van der Waals surface area (Å²) >= 11 is 0. The molecular formula is C20H17N3O. The Hall–Kier alpha value is -3.27. The molecule has 0 aliphatic rings. The fourth-order valence-electron chi connectivity index (χ4n) is 2.27. The molecule has 0 unspecified atom stereocenters. The smallest absolute Gasteiger partial charge is 0.267 e. The van der Waals surface area contributed by atoms with Crippen LogP contribution in [-0.4, -0.2) is 16.6 Å². The number of amides is 1. The van der Waals surface area contributed by atoms with Crippen molar-refractivity contribution in [2.24, 2.45) is 5.10 Å². The van der Waals surface area contributed by atoms with E-state index in [1.165, 1.54) is 0 Å². The van der Waals surface area contributed by atoms with Crippen LogP contribution in [0.25, 0.3) is 0 Å². The van der Waals surface area contributed by atoms with Gasteiger partial charge in [0, 0.05) is 29.1 Å². The molecule has 4 nitrogen and oxygen atoms in total. The van der Waals surface area contributed by atoms with Crippen molar-refractivity contribution in [1.29, 1.82) is 0 Å². The second kappa shape index (κ2) is 7.33. The number of aryl methyl sites for hydroxylation is 1. The molecule has 2 aromatic carbocycles. The zero-order valence-corrected chi connectivity index (χ0v) is 13.3. The fourth-order valence-corrected chi connectivity index (χ4v) is 2.27. The number of benzene rings is 2. The van der Waals surface area contributed by atoms with E-state index in [4.69, 9.17) is 0 Å². The standard InChI is InChI=1S/C20H17N3O/c1-15-9-11-17(12-10-15)20(24)23-22-19(16-6-3-2-4-7-16)18-8-5-13-21-14-18/h2-14H,1H3,(H,23,24). The molecule has 24 heavy (non-hydrogen) atoms. The molecule has 3 aromatic rings. The Morgan fingerprint density at radius 2 is 1.58 bits per heavy atom. The van der Waals surface area contributed by atoms with Crippen LogP contribution >= 0.6 is 0 Å². The lowest BCUT2D eigenvalue weighted by Gasteiger charge is -2.07. The van der Waals surface area contributed by atoms with Crippen LogP contribution in [0, 0.1) is 6.92 Å². The van der Waals surface area contributed by atoms with Crippen molar-refractivity contribution in [2.75, 3.05) is 0 Å². The number of carbonyl (C=O) groups is 1. The highest BCUT2D eigenvalue weighted by atomic mass is 16.2. The van der Waals surface area contributed by atoms with Crippen molar-refractivity contribution in [1.82, 2.24) is 10.4 Å². The van der Waals surface area contributed by atoms with Gasteiger partial charge in [-0.05, 0) is 31.2 Å². The van der Waals surface area contributed by atoms with E-state index in [2.05, 4.69) is 15.5 Å². The molecule has 0 aliphatic heterocycles. The summed E-state index contributed by atoms with van der Waals surface area (Å²) in [4.78, 5) is 16.4. The second-order valence-corrected chi connectivity index (χ2v) is 5.38. The molecular weight excluding hydrogens is 298 g/mol. The summed E-state index contributed by atoms with van der Waals surface area (Å²) in [5.41, 5.74) is 6.74. The van der Waals surface area contributed by atoms with E-state index in [-0.39, 0.29) is 5.91 Å². The van der Waals surface area contributed by atoms with Crippen LogP contribution in [0.15, 0.2) is 84.2 Å². The summed E-state index contributed by atoms with van der Waals surface area (Å²) < 4.78 is 0. The molecule has 1 heterocycles. The van der Waals surface area contributed by atoms with Crippen LogP contribution in [0.2, 0.25) is 0 Å². The third-order valence-electron chi connectivity index (χ3n) is 3.57. The summed E-state index contributed by atoms with van der Waals surface area (Å²) in [7, 11) is 0. The van der Waals surface area contributed by atoms with Gasteiger partial charge in [0.15, 0.2) is 0 Å². The maximum atomic E-state index is 12.3. The second-order valence-electron chi connectivity index (χ2n) is 5.38. The molecule has 1 amide bonds. The van der Waals surface area contributed by atoms with E-state index in [0.29, 0.717) is 11.3 Å². The Balaban J connectivity index is 1.90. The predicted molar refractivity (Wildman–Crippen MR) is 95.0 cm³/mol. The van der Waals surface area contributed by atoms with Gasteiger partial charge in [-0.1, -0.05) is 48.0 Å². The van der Waals surface area contributed by atoms with Crippen LogP contribution in [0.5, 0.6) is 0 Å². The molecule has 0 bridgehead atoms. The van der Waals surface area contributed by atoms with Crippen LogP contribution in [0.3, 0.4) is 0 Å². The molecule has 0 radical (unpaired) electrons. The molecule has 1 N–H and O–H groups in total. The molecule has 3 rings (SSSR count). The van der Waals surface area contributed by atoms with Gasteiger partial charge in [0.05, 0.1) is 5.71 Å². The largest absolute Gasteiger partial charge is 0.271 e. The number of nitrogens with zero attached hydrogens (tertiary/aromatic N) is 2. The van der Waals surface area contributed by atoms with Crippen molar-refractivity contribution in [3.63, 3.8) is 0 Å². The number of hydrogen-bond acceptors (Lipinski definition) is 3. The lowest BCUT2D eigenvalue weighted by Crippen LogP contribution is -2.20. The summed E-state index contributed by atoms with van der Waals surface area (Å²) in [5, 5.41) is 4.34. The van der Waals surface area contributed by atoms with Crippen molar-refractivity contribution >= 4 is 11.6 Å². The molecule has 0 saturated heterocycles. The van der Waals surface area contributed by atoms with Gasteiger partial charge in [-0.15, -0.1) is 0 Å². The average molecular weight is 315 g/mol. The molecule has 0 saturated carbocycles. The number of rotatable bonds is 4. The summed E-state index contributed by atoms with van der Waals surface area (Å²) in [6, 6.07) is 20.8. The molecule has 118 valence electrons. The first-order valence-corrected chi connectivity index (χ1v) is 7.64. The Morgan fingerprint density at radius 1 is 0.875 bits per heavy atom. The number of hydrazone groups is 1. The SMILES string of the molecule is Cc1ccc(C(=O)NN=C(c2ccccc2)c2cccnc2)cc1. The topological polar surface area (TPSA) is 54.4 Å². The maximum Gasteiger partial charge on any atom is 0.271 e. The third kappa shape index (κ3) is 3.73. The van der Waals surface area contributed by atoms with Gasteiger partial charge in [-0.2, -0.15) is 5.10 Å². The first-order chi connectivity index (χ1) is 11.7. The highest BCUT2D eigenvalue weighted by molar-refractivity contribution is 6.13. The number of carbonyl (C=O) groups excluding carboxylic acids is 1. The van der Waals surface area contributed by atoms with Crippen LogP contribution in [-0.2, 0) is 0 Å². The maximum absolute atomic E-state index is 12.3. The van der Waals surface area contributed by atoms with Gasteiger partial charge >= 0.3 is 0 Å². The zero-order valence-electron chi connectivity index (χ0n) is 13.3. The van der Waals surface area contributed by atoms with Gasteiger partial charge < -0.3 is 0 Å². The number of aromatic nitrogens is 1. The zero-order chi connectivity index (χ0) is 16.8. The predicted octanol–water partition coefficient (Wildman–Crippen LogP) is 3.57. The van der Waals surface area contributed by atoms with E-state index in [1.54, 1.807) is 24.5 Å². The lowest BCUT2D eigenvalue weighted by molar-refractivity contribution is 0.0955. The highest BCUT2D eigenvalue weighted by Gasteiger charge is 2.09. The van der Waals surface area contributed by atoms with Crippen molar-refractivity contribution < 1.29 is 4.79 Å². The molecule has 0 spiro atoms. The minimum Gasteiger partial charge on any atom is -0.267 e. The Labute approximate surface area is 140 Å². The Bertz CT molecular complexity index is 800.